The lowest BCUT2D eigenvalue weighted by atomic mass is 9.76. The minimum atomic E-state index is -0.752. The Bertz CT molecular complexity index is 1030. The maximum absolute atomic E-state index is 13.5. The van der Waals surface area contributed by atoms with Crippen LogP contribution in [0.3, 0.4) is 0 Å². The molecule has 2 fully saturated rings. The highest BCUT2D eigenvalue weighted by Gasteiger charge is 2.67. The van der Waals surface area contributed by atoms with Crippen molar-refractivity contribution in [2.45, 2.75) is 31.7 Å². The van der Waals surface area contributed by atoms with Gasteiger partial charge in [-0.1, -0.05) is 24.3 Å². The molecule has 0 aliphatic carbocycles. The number of amides is 2. The number of hydrogen-bond donors (Lipinski definition) is 0. The van der Waals surface area contributed by atoms with Gasteiger partial charge < -0.3 is 14.5 Å². The van der Waals surface area contributed by atoms with Gasteiger partial charge in [-0.15, -0.1) is 0 Å². The van der Waals surface area contributed by atoms with Gasteiger partial charge in [0.1, 0.15) is 11.4 Å². The molecule has 6 nitrogen and oxygen atoms in total. The molecule has 0 saturated carbocycles. The van der Waals surface area contributed by atoms with Crippen LogP contribution in [0.1, 0.15) is 18.1 Å². The van der Waals surface area contributed by atoms with E-state index >= 15 is 0 Å². The van der Waals surface area contributed by atoms with Gasteiger partial charge in [-0.05, 0) is 42.3 Å². The number of carbonyl (C=O) groups excluding carboxylic acids is 2. The number of hydrogen-bond acceptors (Lipinski definition) is 4. The molecule has 0 N–H and O–H groups in total. The maximum Gasteiger partial charge on any atom is 0.230 e. The monoisotopic (exact) mass is 421 g/mol. The van der Waals surface area contributed by atoms with Gasteiger partial charge in [0.25, 0.3) is 0 Å². The lowest BCUT2D eigenvalue weighted by Crippen LogP contribution is -2.45. The summed E-state index contributed by atoms with van der Waals surface area (Å²) in [7, 11) is 0. The summed E-state index contributed by atoms with van der Waals surface area (Å²) in [6.07, 6.45) is 6.92. The molecule has 4 heterocycles. The van der Waals surface area contributed by atoms with Crippen LogP contribution in [0.25, 0.3) is 0 Å². The summed E-state index contributed by atoms with van der Waals surface area (Å²) in [5.41, 5.74) is 1.09. The number of pyridine rings is 1. The quantitative estimate of drug-likeness (QED) is 0.673. The number of benzene rings is 1. The molecule has 1 aromatic carbocycles. The molecule has 5 rings (SSSR count). The molecular weight excluding hydrogens is 397 g/mol. The highest BCUT2D eigenvalue weighted by atomic mass is 19.1. The zero-order chi connectivity index (χ0) is 21.6. The zero-order valence-corrected chi connectivity index (χ0v) is 17.3. The van der Waals surface area contributed by atoms with Gasteiger partial charge in [-0.25, -0.2) is 4.39 Å². The summed E-state index contributed by atoms with van der Waals surface area (Å²) in [6.45, 7) is 3.73. The maximum atomic E-state index is 13.5. The van der Waals surface area contributed by atoms with Crippen LogP contribution in [-0.2, 0) is 27.4 Å². The molecule has 31 heavy (non-hydrogen) atoms. The first-order valence-corrected chi connectivity index (χ1v) is 10.6. The van der Waals surface area contributed by atoms with Crippen molar-refractivity contribution in [2.24, 2.45) is 11.8 Å². The van der Waals surface area contributed by atoms with Crippen LogP contribution in [0.4, 0.5) is 4.39 Å². The summed E-state index contributed by atoms with van der Waals surface area (Å²) in [6, 6.07) is 9.92. The summed E-state index contributed by atoms with van der Waals surface area (Å²) in [5.74, 6) is -1.50. The normalized spacial score (nSPS) is 28.3. The largest absolute Gasteiger partial charge is 0.360 e. The van der Waals surface area contributed by atoms with E-state index in [1.54, 1.807) is 34.3 Å². The molecule has 3 aliphatic heterocycles. The number of rotatable bonds is 6. The smallest absolute Gasteiger partial charge is 0.230 e. The molecule has 3 aliphatic rings. The molecule has 4 atom stereocenters. The van der Waals surface area contributed by atoms with Crippen LogP contribution in [0, 0.1) is 17.7 Å². The second-order valence-corrected chi connectivity index (χ2v) is 8.43. The number of halogens is 1. The van der Waals surface area contributed by atoms with E-state index in [1.165, 1.54) is 12.1 Å². The first-order valence-electron chi connectivity index (χ1n) is 10.6. The lowest BCUT2D eigenvalue weighted by Gasteiger charge is -2.29. The van der Waals surface area contributed by atoms with Gasteiger partial charge in [-0.2, -0.15) is 0 Å². The first-order chi connectivity index (χ1) is 15.0. The van der Waals surface area contributed by atoms with E-state index in [9.17, 15) is 14.0 Å². The number of fused-ring (bicyclic) bond motifs is 1. The molecule has 1 spiro atoms. The molecular formula is C24H24FN3O3. The zero-order valence-electron chi connectivity index (χ0n) is 17.3. The first kappa shape index (κ1) is 19.9. The molecule has 7 heteroatoms. The summed E-state index contributed by atoms with van der Waals surface area (Å²) in [5, 5.41) is 0. The van der Waals surface area contributed by atoms with E-state index in [0.29, 0.717) is 26.2 Å². The fraction of sp³-hybridized carbons (Fsp3) is 0.375. The molecule has 2 unspecified atom stereocenters. The van der Waals surface area contributed by atoms with Gasteiger partial charge in [0.15, 0.2) is 0 Å². The van der Waals surface area contributed by atoms with Crippen LogP contribution >= 0.6 is 0 Å². The number of aromatic nitrogens is 1. The third-order valence-corrected chi connectivity index (χ3v) is 6.57. The standard InChI is InChI=1S/C24H24FN3O3/c1-2-27(13-17-8-11-26-12-9-17)22(29)20-19-7-10-24(31-19)15-28(23(30)21(20)24)14-16-3-5-18(25)6-4-16/h3-12,19-21H,2,13-15H2,1H3/t19-,20?,21?,24-/m1/s1. The van der Waals surface area contributed by atoms with E-state index in [-0.39, 0.29) is 23.7 Å². The van der Waals surface area contributed by atoms with Crippen molar-refractivity contribution in [3.05, 3.63) is 77.9 Å². The Morgan fingerprint density at radius 3 is 2.68 bits per heavy atom. The van der Waals surface area contributed by atoms with Crippen molar-refractivity contribution >= 4 is 11.8 Å². The topological polar surface area (TPSA) is 62.7 Å². The van der Waals surface area contributed by atoms with E-state index < -0.39 is 17.4 Å². The average molecular weight is 421 g/mol. The van der Waals surface area contributed by atoms with Crippen LogP contribution in [0.2, 0.25) is 0 Å². The molecule has 2 bridgehead atoms. The molecule has 1 aromatic heterocycles. The molecule has 160 valence electrons. The SMILES string of the molecule is CCN(Cc1ccncc1)C(=O)C1C2C(=O)N(Cc3ccc(F)cc3)C[C@]23C=C[C@H]1O3. The third-order valence-electron chi connectivity index (χ3n) is 6.57. The second kappa shape index (κ2) is 7.57. The van der Waals surface area contributed by atoms with Gasteiger partial charge in [0.2, 0.25) is 11.8 Å². The van der Waals surface area contributed by atoms with E-state index in [4.69, 9.17) is 4.74 Å². The summed E-state index contributed by atoms with van der Waals surface area (Å²) in [4.78, 5) is 34.5. The predicted molar refractivity (Wildman–Crippen MR) is 111 cm³/mol. The van der Waals surface area contributed by atoms with Crippen molar-refractivity contribution in [1.29, 1.82) is 0 Å². The third kappa shape index (κ3) is 3.33. The average Bonchev–Trinajstić information content (AvgIpc) is 3.42. The highest BCUT2D eigenvalue weighted by Crippen LogP contribution is 2.52. The van der Waals surface area contributed by atoms with Crippen LogP contribution < -0.4 is 0 Å². The highest BCUT2D eigenvalue weighted by molar-refractivity contribution is 5.93. The molecule has 2 aromatic rings. The summed E-state index contributed by atoms with van der Waals surface area (Å²) < 4.78 is 19.5. The van der Waals surface area contributed by atoms with Crippen LogP contribution in [-0.4, -0.2) is 51.4 Å². The fourth-order valence-electron chi connectivity index (χ4n) is 5.07. The fourth-order valence-corrected chi connectivity index (χ4v) is 5.07. The number of likely N-dealkylation sites (tertiary alicyclic amines) is 1. The van der Waals surface area contributed by atoms with Crippen molar-refractivity contribution in [3.8, 4) is 0 Å². The van der Waals surface area contributed by atoms with Crippen LogP contribution in [0.5, 0.6) is 0 Å². The number of ether oxygens (including phenoxy) is 1. The number of carbonyl (C=O) groups is 2. The number of nitrogens with zero attached hydrogens (tertiary/aromatic N) is 3. The van der Waals surface area contributed by atoms with Gasteiger partial charge in [0, 0.05) is 32.0 Å². The lowest BCUT2D eigenvalue weighted by molar-refractivity contribution is -0.143. The minimum absolute atomic E-state index is 0.0579. The molecule has 2 saturated heterocycles. The van der Waals surface area contributed by atoms with E-state index in [0.717, 1.165) is 11.1 Å². The molecule has 2 amide bonds. The minimum Gasteiger partial charge on any atom is -0.360 e. The van der Waals surface area contributed by atoms with Gasteiger partial charge >= 0.3 is 0 Å². The van der Waals surface area contributed by atoms with Crippen molar-refractivity contribution in [1.82, 2.24) is 14.8 Å². The van der Waals surface area contributed by atoms with Crippen LogP contribution in [0.15, 0.2) is 60.9 Å². The Kier molecular flexibility index (Phi) is 4.85. The Hall–Kier alpha value is -3.06. The van der Waals surface area contributed by atoms with Crippen molar-refractivity contribution in [3.63, 3.8) is 0 Å². The Morgan fingerprint density at radius 1 is 1.23 bits per heavy atom. The van der Waals surface area contributed by atoms with Crippen molar-refractivity contribution in [2.75, 3.05) is 13.1 Å². The molecule has 0 radical (unpaired) electrons. The second-order valence-electron chi connectivity index (χ2n) is 8.43. The Balaban J connectivity index is 1.37. The van der Waals surface area contributed by atoms with Crippen molar-refractivity contribution < 1.29 is 18.7 Å². The Morgan fingerprint density at radius 2 is 1.97 bits per heavy atom. The van der Waals surface area contributed by atoms with Gasteiger partial charge in [0.05, 0.1) is 24.5 Å². The summed E-state index contributed by atoms with van der Waals surface area (Å²) >= 11 is 0. The Labute approximate surface area is 180 Å². The predicted octanol–water partition coefficient (Wildman–Crippen LogP) is 2.55. The van der Waals surface area contributed by atoms with E-state index in [1.807, 2.05) is 31.2 Å². The van der Waals surface area contributed by atoms with E-state index in [2.05, 4.69) is 4.98 Å². The van der Waals surface area contributed by atoms with Gasteiger partial charge in [-0.3, -0.25) is 14.6 Å².